The van der Waals surface area contributed by atoms with Gasteiger partial charge >= 0.3 is 0 Å². The van der Waals surface area contributed by atoms with Gasteiger partial charge in [-0.3, -0.25) is 13.9 Å². The Morgan fingerprint density at radius 3 is 2.21 bits per heavy atom. The van der Waals surface area contributed by atoms with Crippen molar-refractivity contribution >= 4 is 39.1 Å². The predicted octanol–water partition coefficient (Wildman–Crippen LogP) is 5.49. The minimum Gasteiger partial charge on any atom is -0.354 e. The summed E-state index contributed by atoms with van der Waals surface area (Å²) in [4.78, 5) is 28.7. The van der Waals surface area contributed by atoms with Crippen molar-refractivity contribution in [3.63, 3.8) is 0 Å². The largest absolute Gasteiger partial charge is 0.354 e. The minimum atomic E-state index is -4.12. The standard InChI is InChI=1S/C30H36ClN3O4S/c1-5-18-32-30(36)27(6-2)33(20-24-14-12-22(3)13-15-24)29(35)21-34(28-17-16-25(31)19-23(28)4)39(37,38)26-10-8-7-9-11-26/h7-17,19,27H,5-6,18,20-21H2,1-4H3,(H,32,36). The highest BCUT2D eigenvalue weighted by Gasteiger charge is 2.34. The first kappa shape index (κ1) is 30.2. The summed E-state index contributed by atoms with van der Waals surface area (Å²) in [6.07, 6.45) is 1.13. The van der Waals surface area contributed by atoms with Gasteiger partial charge in [-0.1, -0.05) is 73.5 Å². The summed E-state index contributed by atoms with van der Waals surface area (Å²) in [7, 11) is -4.12. The van der Waals surface area contributed by atoms with Crippen molar-refractivity contribution in [3.8, 4) is 0 Å². The molecule has 0 aliphatic rings. The molecule has 3 rings (SSSR count). The molecular weight excluding hydrogens is 534 g/mol. The molecule has 0 fully saturated rings. The Morgan fingerprint density at radius 1 is 0.949 bits per heavy atom. The molecule has 1 unspecified atom stereocenters. The molecular formula is C30H36ClN3O4S. The number of carbonyl (C=O) groups is 2. The molecule has 3 aromatic carbocycles. The molecule has 0 radical (unpaired) electrons. The van der Waals surface area contributed by atoms with Crippen molar-refractivity contribution in [2.45, 2.75) is 58.0 Å². The second kappa shape index (κ2) is 13.6. The molecule has 0 aliphatic heterocycles. The second-order valence-corrected chi connectivity index (χ2v) is 11.8. The van der Waals surface area contributed by atoms with Gasteiger partial charge in [0, 0.05) is 18.1 Å². The van der Waals surface area contributed by atoms with E-state index in [-0.39, 0.29) is 17.3 Å². The van der Waals surface area contributed by atoms with E-state index in [4.69, 9.17) is 11.6 Å². The molecule has 208 valence electrons. The Bertz CT molecular complexity index is 1380. The zero-order chi connectivity index (χ0) is 28.6. The van der Waals surface area contributed by atoms with Gasteiger partial charge in [0.15, 0.2) is 0 Å². The number of hydrogen-bond donors (Lipinski definition) is 1. The van der Waals surface area contributed by atoms with Crippen molar-refractivity contribution in [3.05, 3.63) is 94.5 Å². The summed E-state index contributed by atoms with van der Waals surface area (Å²) in [5.74, 6) is -0.747. The number of halogens is 1. The fourth-order valence-corrected chi connectivity index (χ4v) is 6.03. The zero-order valence-electron chi connectivity index (χ0n) is 22.9. The summed E-state index contributed by atoms with van der Waals surface area (Å²) in [5, 5.41) is 3.35. The molecule has 0 heterocycles. The Labute approximate surface area is 236 Å². The second-order valence-electron chi connectivity index (χ2n) is 9.48. The number of carbonyl (C=O) groups excluding carboxylic acids is 2. The molecule has 0 bridgehead atoms. The average Bonchev–Trinajstić information content (AvgIpc) is 2.92. The van der Waals surface area contributed by atoms with Crippen LogP contribution in [0.4, 0.5) is 5.69 Å². The van der Waals surface area contributed by atoms with Crippen LogP contribution in [0, 0.1) is 13.8 Å². The van der Waals surface area contributed by atoms with E-state index in [1.807, 2.05) is 45.0 Å². The highest BCUT2D eigenvalue weighted by molar-refractivity contribution is 7.92. The van der Waals surface area contributed by atoms with Crippen LogP contribution in [0.3, 0.4) is 0 Å². The normalized spacial score (nSPS) is 12.0. The molecule has 39 heavy (non-hydrogen) atoms. The van der Waals surface area contributed by atoms with Crippen molar-refractivity contribution in [2.75, 3.05) is 17.4 Å². The van der Waals surface area contributed by atoms with Crippen LogP contribution in [0.1, 0.15) is 43.4 Å². The smallest absolute Gasteiger partial charge is 0.264 e. The Hall–Kier alpha value is -3.36. The van der Waals surface area contributed by atoms with Gasteiger partial charge in [0.25, 0.3) is 10.0 Å². The van der Waals surface area contributed by atoms with Gasteiger partial charge in [-0.25, -0.2) is 8.42 Å². The van der Waals surface area contributed by atoms with Crippen LogP contribution in [0.15, 0.2) is 77.7 Å². The monoisotopic (exact) mass is 569 g/mol. The third-order valence-electron chi connectivity index (χ3n) is 6.45. The lowest BCUT2D eigenvalue weighted by molar-refractivity contribution is -0.140. The van der Waals surface area contributed by atoms with Crippen LogP contribution < -0.4 is 9.62 Å². The molecule has 7 nitrogen and oxygen atoms in total. The van der Waals surface area contributed by atoms with Crippen molar-refractivity contribution in [1.29, 1.82) is 0 Å². The zero-order valence-corrected chi connectivity index (χ0v) is 24.4. The summed E-state index contributed by atoms with van der Waals surface area (Å²) < 4.78 is 28.9. The molecule has 2 amide bonds. The Morgan fingerprint density at radius 2 is 1.62 bits per heavy atom. The lowest BCUT2D eigenvalue weighted by atomic mass is 10.1. The highest BCUT2D eigenvalue weighted by atomic mass is 35.5. The lowest BCUT2D eigenvalue weighted by Gasteiger charge is -2.33. The van der Waals surface area contributed by atoms with E-state index in [1.54, 1.807) is 43.3 Å². The van der Waals surface area contributed by atoms with Gasteiger partial charge in [0.05, 0.1) is 10.6 Å². The third-order valence-corrected chi connectivity index (χ3v) is 8.46. The maximum absolute atomic E-state index is 14.0. The molecule has 0 spiro atoms. The quantitative estimate of drug-likeness (QED) is 0.313. The summed E-state index contributed by atoms with van der Waals surface area (Å²) in [6, 6.07) is 19.8. The topological polar surface area (TPSA) is 86.8 Å². The number of anilines is 1. The number of rotatable bonds is 12. The number of hydrogen-bond acceptors (Lipinski definition) is 4. The van der Waals surface area contributed by atoms with Crippen LogP contribution in [0.25, 0.3) is 0 Å². The summed E-state index contributed by atoms with van der Waals surface area (Å²) in [5.41, 5.74) is 2.86. The molecule has 3 aromatic rings. The maximum atomic E-state index is 14.0. The number of nitrogens with zero attached hydrogens (tertiary/aromatic N) is 2. The first-order chi connectivity index (χ1) is 18.6. The average molecular weight is 570 g/mol. The van der Waals surface area contributed by atoms with Gasteiger partial charge < -0.3 is 10.2 Å². The van der Waals surface area contributed by atoms with Crippen LogP contribution in [0.2, 0.25) is 5.02 Å². The SMILES string of the molecule is CCCNC(=O)C(CC)N(Cc1ccc(C)cc1)C(=O)CN(c1ccc(Cl)cc1C)S(=O)(=O)c1ccccc1. The van der Waals surface area contributed by atoms with Crippen LogP contribution >= 0.6 is 11.6 Å². The van der Waals surface area contributed by atoms with E-state index in [1.165, 1.54) is 17.0 Å². The first-order valence-electron chi connectivity index (χ1n) is 13.0. The molecule has 9 heteroatoms. The lowest BCUT2D eigenvalue weighted by Crippen LogP contribution is -2.52. The Balaban J connectivity index is 2.07. The molecule has 0 saturated heterocycles. The summed E-state index contributed by atoms with van der Waals surface area (Å²) in [6.45, 7) is 7.68. The molecule has 0 aliphatic carbocycles. The van der Waals surface area contributed by atoms with Crippen LogP contribution in [-0.4, -0.2) is 44.3 Å². The van der Waals surface area contributed by atoms with E-state index >= 15 is 0 Å². The first-order valence-corrected chi connectivity index (χ1v) is 14.9. The van der Waals surface area contributed by atoms with Gasteiger partial charge in [-0.15, -0.1) is 0 Å². The predicted molar refractivity (Wildman–Crippen MR) is 156 cm³/mol. The molecule has 1 atom stereocenters. The number of benzene rings is 3. The number of nitrogens with one attached hydrogen (secondary N) is 1. The summed E-state index contributed by atoms with van der Waals surface area (Å²) >= 11 is 6.16. The fraction of sp³-hybridized carbons (Fsp3) is 0.333. The Kier molecular flexibility index (Phi) is 10.5. The van der Waals surface area contributed by atoms with E-state index in [2.05, 4.69) is 5.32 Å². The molecule has 0 saturated carbocycles. The number of amides is 2. The van der Waals surface area contributed by atoms with E-state index in [0.717, 1.165) is 21.9 Å². The molecule has 0 aromatic heterocycles. The maximum Gasteiger partial charge on any atom is 0.264 e. The van der Waals surface area contributed by atoms with E-state index in [0.29, 0.717) is 29.2 Å². The van der Waals surface area contributed by atoms with E-state index in [9.17, 15) is 18.0 Å². The van der Waals surface area contributed by atoms with Crippen molar-refractivity contribution < 1.29 is 18.0 Å². The number of sulfonamides is 1. The van der Waals surface area contributed by atoms with Crippen molar-refractivity contribution in [2.24, 2.45) is 0 Å². The fourth-order valence-electron chi connectivity index (χ4n) is 4.31. The van der Waals surface area contributed by atoms with Crippen molar-refractivity contribution in [1.82, 2.24) is 10.2 Å². The van der Waals surface area contributed by atoms with Gasteiger partial charge in [-0.05, 0) is 68.1 Å². The minimum absolute atomic E-state index is 0.0602. The van der Waals surface area contributed by atoms with Gasteiger partial charge in [0.2, 0.25) is 11.8 Å². The highest BCUT2D eigenvalue weighted by Crippen LogP contribution is 2.29. The van der Waals surface area contributed by atoms with Gasteiger partial charge in [0.1, 0.15) is 12.6 Å². The van der Waals surface area contributed by atoms with Crippen LogP contribution in [0.5, 0.6) is 0 Å². The van der Waals surface area contributed by atoms with Gasteiger partial charge in [-0.2, -0.15) is 0 Å². The van der Waals surface area contributed by atoms with Crippen LogP contribution in [-0.2, 0) is 26.2 Å². The van der Waals surface area contributed by atoms with E-state index < -0.39 is 28.5 Å². The third kappa shape index (κ3) is 7.61. The molecule has 1 N–H and O–H groups in total. The number of aryl methyl sites for hydroxylation is 2.